The highest BCUT2D eigenvalue weighted by molar-refractivity contribution is 7.18. The summed E-state index contributed by atoms with van der Waals surface area (Å²) in [7, 11) is 1.19. The zero-order valence-electron chi connectivity index (χ0n) is 15.7. The normalized spacial score (nSPS) is 10.1. The first-order chi connectivity index (χ1) is 13.4. The minimum atomic E-state index is -1.08. The van der Waals surface area contributed by atoms with Crippen molar-refractivity contribution in [2.75, 3.05) is 19.0 Å². The van der Waals surface area contributed by atoms with Crippen LogP contribution >= 0.6 is 11.3 Å². The van der Waals surface area contributed by atoms with E-state index < -0.39 is 23.8 Å². The van der Waals surface area contributed by atoms with Crippen LogP contribution in [0.3, 0.4) is 0 Å². The van der Waals surface area contributed by atoms with E-state index >= 15 is 0 Å². The number of nitrogens with one attached hydrogen (secondary N) is 2. The van der Waals surface area contributed by atoms with Crippen molar-refractivity contribution < 1.29 is 28.7 Å². The van der Waals surface area contributed by atoms with Gasteiger partial charge in [-0.1, -0.05) is 30.3 Å². The predicted molar refractivity (Wildman–Crippen MR) is 103 cm³/mol. The summed E-state index contributed by atoms with van der Waals surface area (Å²) in [5, 5.41) is 5.14. The predicted octanol–water partition coefficient (Wildman–Crippen LogP) is 2.27. The van der Waals surface area contributed by atoms with Crippen molar-refractivity contribution in [2.24, 2.45) is 0 Å². The molecule has 0 saturated carbocycles. The van der Waals surface area contributed by atoms with Crippen molar-refractivity contribution in [3.05, 3.63) is 51.9 Å². The molecule has 0 aliphatic carbocycles. The van der Waals surface area contributed by atoms with Gasteiger partial charge in [0.15, 0.2) is 0 Å². The zero-order chi connectivity index (χ0) is 20.7. The average molecular weight is 404 g/mol. The molecule has 1 heterocycles. The van der Waals surface area contributed by atoms with E-state index in [4.69, 9.17) is 4.74 Å². The van der Waals surface area contributed by atoms with E-state index in [1.54, 1.807) is 13.8 Å². The van der Waals surface area contributed by atoms with Crippen LogP contribution in [0, 0.1) is 6.92 Å². The van der Waals surface area contributed by atoms with Crippen molar-refractivity contribution in [1.29, 1.82) is 0 Å². The lowest BCUT2D eigenvalue weighted by Crippen LogP contribution is -2.25. The molecule has 0 bridgehead atoms. The average Bonchev–Trinajstić information content (AvgIpc) is 3.02. The maximum absolute atomic E-state index is 12.6. The van der Waals surface area contributed by atoms with Crippen LogP contribution < -0.4 is 10.6 Å². The van der Waals surface area contributed by atoms with Crippen molar-refractivity contribution >= 4 is 40.1 Å². The van der Waals surface area contributed by atoms with Crippen LogP contribution in [0.2, 0.25) is 0 Å². The molecule has 1 aromatic heterocycles. The summed E-state index contributed by atoms with van der Waals surface area (Å²) in [6.45, 7) is 3.47. The Hall–Kier alpha value is -3.20. The number of carbonyl (C=O) groups is 4. The summed E-state index contributed by atoms with van der Waals surface area (Å²) >= 11 is 0.884. The van der Waals surface area contributed by atoms with Crippen LogP contribution in [0.4, 0.5) is 5.00 Å². The number of methoxy groups -OCH3 is 1. The molecule has 0 aliphatic heterocycles. The lowest BCUT2D eigenvalue weighted by Gasteiger charge is -2.05. The molecule has 0 radical (unpaired) electrons. The lowest BCUT2D eigenvalue weighted by molar-refractivity contribution is -0.152. The van der Waals surface area contributed by atoms with Gasteiger partial charge < -0.3 is 20.1 Å². The number of hydrogen-bond donors (Lipinski definition) is 2. The molecule has 0 unspecified atom stereocenters. The quantitative estimate of drug-likeness (QED) is 0.564. The molecule has 0 aliphatic rings. The molecule has 28 heavy (non-hydrogen) atoms. The molecule has 0 spiro atoms. The third-order valence-corrected chi connectivity index (χ3v) is 4.93. The molecule has 2 rings (SSSR count). The van der Waals surface area contributed by atoms with Crippen LogP contribution in [0.5, 0.6) is 0 Å². The summed E-state index contributed by atoms with van der Waals surface area (Å²) in [5.41, 5.74) is 1.28. The number of hydrogen-bond acceptors (Lipinski definition) is 7. The molecule has 0 saturated heterocycles. The third kappa shape index (κ3) is 4.95. The van der Waals surface area contributed by atoms with Crippen LogP contribution in [0.15, 0.2) is 30.3 Å². The van der Waals surface area contributed by atoms with Crippen molar-refractivity contribution in [3.63, 3.8) is 0 Å². The van der Waals surface area contributed by atoms with Crippen LogP contribution in [-0.2, 0) is 25.6 Å². The Morgan fingerprint density at radius 3 is 2.39 bits per heavy atom. The fourth-order valence-electron chi connectivity index (χ4n) is 2.38. The highest BCUT2D eigenvalue weighted by atomic mass is 32.1. The molecule has 2 aromatic rings. The van der Waals surface area contributed by atoms with E-state index in [1.807, 2.05) is 30.3 Å². The Kier molecular flexibility index (Phi) is 7.28. The summed E-state index contributed by atoms with van der Waals surface area (Å²) in [4.78, 5) is 48.4. The van der Waals surface area contributed by atoms with Gasteiger partial charge >= 0.3 is 17.8 Å². The number of thiophene rings is 1. The number of anilines is 1. The van der Waals surface area contributed by atoms with Crippen molar-refractivity contribution in [2.45, 2.75) is 20.4 Å². The van der Waals surface area contributed by atoms with Gasteiger partial charge in [0.05, 0.1) is 24.2 Å². The van der Waals surface area contributed by atoms with E-state index in [1.165, 1.54) is 7.11 Å². The van der Waals surface area contributed by atoms with Gasteiger partial charge in [0.2, 0.25) is 0 Å². The first kappa shape index (κ1) is 21.1. The van der Waals surface area contributed by atoms with E-state index in [9.17, 15) is 19.2 Å². The zero-order valence-corrected chi connectivity index (χ0v) is 16.5. The number of rotatable bonds is 6. The maximum Gasteiger partial charge on any atom is 0.397 e. The Bertz CT molecular complexity index is 891. The number of ether oxygens (including phenoxy) is 2. The molecule has 9 heteroatoms. The molecule has 2 amide bonds. The Labute approximate surface area is 165 Å². The maximum atomic E-state index is 12.6. The highest BCUT2D eigenvalue weighted by Crippen LogP contribution is 2.33. The SMILES string of the molecule is CCOC(=O)C(=O)Nc1sc(C(=O)NCc2ccccc2)c(C)c1C(=O)OC. The first-order valence-electron chi connectivity index (χ1n) is 8.40. The number of esters is 2. The highest BCUT2D eigenvalue weighted by Gasteiger charge is 2.28. The monoisotopic (exact) mass is 404 g/mol. The minimum absolute atomic E-state index is 0.0232. The molecule has 2 N–H and O–H groups in total. The van der Waals surface area contributed by atoms with Gasteiger partial charge in [-0.25, -0.2) is 9.59 Å². The molecule has 0 atom stereocenters. The van der Waals surface area contributed by atoms with Gasteiger partial charge in [-0.15, -0.1) is 11.3 Å². The molecular formula is C19H20N2O6S. The van der Waals surface area contributed by atoms with Gasteiger partial charge in [0.1, 0.15) is 5.00 Å². The number of benzene rings is 1. The van der Waals surface area contributed by atoms with Crippen LogP contribution in [0.1, 0.15) is 38.1 Å². The minimum Gasteiger partial charge on any atom is -0.465 e. The number of amides is 2. The van der Waals surface area contributed by atoms with Crippen LogP contribution in [0.25, 0.3) is 0 Å². The summed E-state index contributed by atoms with van der Waals surface area (Å²) < 4.78 is 9.37. The third-order valence-electron chi connectivity index (χ3n) is 3.73. The Balaban J connectivity index is 2.26. The summed E-state index contributed by atoms with van der Waals surface area (Å²) in [6, 6.07) is 9.32. The van der Waals surface area contributed by atoms with Crippen molar-refractivity contribution in [1.82, 2.24) is 5.32 Å². The largest absolute Gasteiger partial charge is 0.465 e. The summed E-state index contributed by atoms with van der Waals surface area (Å²) in [5.74, 6) is -3.26. The van der Waals surface area contributed by atoms with E-state index in [-0.39, 0.29) is 22.0 Å². The second-order valence-corrected chi connectivity index (χ2v) is 6.62. The molecule has 148 valence electrons. The lowest BCUT2D eigenvalue weighted by atomic mass is 10.1. The Morgan fingerprint density at radius 1 is 1.11 bits per heavy atom. The van der Waals surface area contributed by atoms with E-state index in [0.29, 0.717) is 12.1 Å². The van der Waals surface area contributed by atoms with E-state index in [2.05, 4.69) is 15.4 Å². The first-order valence-corrected chi connectivity index (χ1v) is 9.22. The topological polar surface area (TPSA) is 111 Å². The van der Waals surface area contributed by atoms with Crippen molar-refractivity contribution in [3.8, 4) is 0 Å². The fourth-order valence-corrected chi connectivity index (χ4v) is 3.48. The van der Waals surface area contributed by atoms with Gasteiger partial charge in [-0.3, -0.25) is 9.59 Å². The van der Waals surface area contributed by atoms with Crippen LogP contribution in [-0.4, -0.2) is 37.5 Å². The molecule has 0 fully saturated rings. The van der Waals surface area contributed by atoms with Gasteiger partial charge in [-0.2, -0.15) is 0 Å². The standard InChI is InChI=1S/C19H20N2O6S/c1-4-27-19(25)16(23)21-17-13(18(24)26-3)11(2)14(28-17)15(22)20-10-12-8-6-5-7-9-12/h5-9H,4,10H2,1-3H3,(H,20,22)(H,21,23). The Morgan fingerprint density at radius 2 is 1.79 bits per heavy atom. The van der Waals surface area contributed by atoms with Gasteiger partial charge in [0, 0.05) is 6.54 Å². The second-order valence-electron chi connectivity index (χ2n) is 5.59. The molecule has 1 aromatic carbocycles. The van der Waals surface area contributed by atoms with Gasteiger partial charge in [0.25, 0.3) is 5.91 Å². The fraction of sp³-hybridized carbons (Fsp3) is 0.263. The molecule has 8 nitrogen and oxygen atoms in total. The second kappa shape index (κ2) is 9.65. The molecular weight excluding hydrogens is 384 g/mol. The van der Waals surface area contributed by atoms with Gasteiger partial charge in [-0.05, 0) is 25.0 Å². The summed E-state index contributed by atoms with van der Waals surface area (Å²) in [6.07, 6.45) is 0. The smallest absolute Gasteiger partial charge is 0.397 e. The number of carbonyl (C=O) groups excluding carboxylic acids is 4. The van der Waals surface area contributed by atoms with E-state index in [0.717, 1.165) is 16.9 Å².